The Kier molecular flexibility index (Phi) is 7.29. The van der Waals surface area contributed by atoms with Gasteiger partial charge in [-0.25, -0.2) is 15.0 Å². The predicted octanol–water partition coefficient (Wildman–Crippen LogP) is 14.7. The summed E-state index contributed by atoms with van der Waals surface area (Å²) in [6.45, 7) is 0. The molecule has 4 bridgehead atoms. The maximum atomic E-state index is 5.21. The quantitative estimate of drug-likeness (QED) is 0.174. The molecule has 0 unspecified atom stereocenters. The van der Waals surface area contributed by atoms with Crippen LogP contribution in [0.1, 0.15) is 43.2 Å². The second kappa shape index (κ2) is 13.0. The summed E-state index contributed by atoms with van der Waals surface area (Å²) < 4.78 is 0. The van der Waals surface area contributed by atoms with E-state index in [1.807, 2.05) is 18.2 Å². The van der Waals surface area contributed by atoms with E-state index in [-0.39, 0.29) is 5.41 Å². The van der Waals surface area contributed by atoms with Crippen LogP contribution in [0.2, 0.25) is 0 Å². The van der Waals surface area contributed by atoms with Gasteiger partial charge in [0.25, 0.3) is 0 Å². The minimum Gasteiger partial charge on any atom is -0.208 e. The van der Waals surface area contributed by atoms with Gasteiger partial charge >= 0.3 is 0 Å². The van der Waals surface area contributed by atoms with Crippen LogP contribution in [-0.4, -0.2) is 15.0 Å². The summed E-state index contributed by atoms with van der Waals surface area (Å²) in [6.07, 6.45) is 7.00. The first-order valence-electron chi connectivity index (χ1n) is 22.6. The highest BCUT2D eigenvalue weighted by Crippen LogP contribution is 2.69. The lowest BCUT2D eigenvalue weighted by atomic mass is 9.43. The highest BCUT2D eigenvalue weighted by molar-refractivity contribution is 6.15. The lowest BCUT2D eigenvalue weighted by Gasteiger charge is -2.61. The van der Waals surface area contributed by atoms with Crippen LogP contribution in [0.15, 0.2) is 176 Å². The van der Waals surface area contributed by atoms with E-state index in [1.54, 1.807) is 11.1 Å². The Hall–Kier alpha value is -6.97. The molecule has 0 N–H and O–H groups in total. The second-order valence-electron chi connectivity index (χ2n) is 18.8. The van der Waals surface area contributed by atoms with Gasteiger partial charge in [0.05, 0.1) is 0 Å². The van der Waals surface area contributed by atoms with Crippen molar-refractivity contribution >= 4 is 10.8 Å². The van der Waals surface area contributed by atoms with Crippen LogP contribution in [0, 0.1) is 23.7 Å². The van der Waals surface area contributed by atoms with Crippen LogP contribution in [0.4, 0.5) is 0 Å². The predicted molar refractivity (Wildman–Crippen MR) is 252 cm³/mol. The Morgan fingerprint density at radius 3 is 1.56 bits per heavy atom. The van der Waals surface area contributed by atoms with Crippen LogP contribution < -0.4 is 0 Å². The fourth-order valence-electron chi connectivity index (χ4n) is 13.3. The third-order valence-electron chi connectivity index (χ3n) is 15.7. The maximum Gasteiger partial charge on any atom is 0.164 e. The molecule has 294 valence electrons. The second-order valence-corrected chi connectivity index (χ2v) is 18.8. The van der Waals surface area contributed by atoms with Gasteiger partial charge in [-0.3, -0.25) is 0 Å². The highest BCUT2D eigenvalue weighted by Gasteiger charge is 2.61. The number of hydrogen-bond donors (Lipinski definition) is 0. The van der Waals surface area contributed by atoms with Crippen molar-refractivity contribution in [1.29, 1.82) is 0 Å². The third kappa shape index (κ3) is 4.97. The molecule has 1 heterocycles. The molecule has 3 heteroatoms. The van der Waals surface area contributed by atoms with Gasteiger partial charge in [0.1, 0.15) is 0 Å². The monoisotopic (exact) mass is 793 g/mol. The molecule has 8 aromatic carbocycles. The molecule has 62 heavy (non-hydrogen) atoms. The summed E-state index contributed by atoms with van der Waals surface area (Å²) in [7, 11) is 0. The van der Waals surface area contributed by atoms with Gasteiger partial charge < -0.3 is 0 Å². The molecule has 0 radical (unpaired) electrons. The van der Waals surface area contributed by atoms with Crippen molar-refractivity contribution in [3.63, 3.8) is 0 Å². The molecule has 0 saturated heterocycles. The van der Waals surface area contributed by atoms with Gasteiger partial charge in [-0.1, -0.05) is 158 Å². The van der Waals surface area contributed by atoms with Gasteiger partial charge in [-0.2, -0.15) is 0 Å². The molecule has 4 saturated carbocycles. The molecule has 6 aliphatic carbocycles. The third-order valence-corrected chi connectivity index (χ3v) is 15.7. The maximum absolute atomic E-state index is 5.21. The average Bonchev–Trinajstić information content (AvgIpc) is 3.81. The number of fused-ring (bicyclic) bond motifs is 6. The van der Waals surface area contributed by atoms with E-state index in [2.05, 4.69) is 158 Å². The smallest absolute Gasteiger partial charge is 0.164 e. The first kappa shape index (κ1) is 34.7. The Balaban J connectivity index is 0.838. The van der Waals surface area contributed by atoms with E-state index in [9.17, 15) is 0 Å². The Morgan fingerprint density at radius 1 is 0.323 bits per heavy atom. The number of hydrogen-bond acceptors (Lipinski definition) is 3. The minimum atomic E-state index is 0.136. The van der Waals surface area contributed by atoms with Gasteiger partial charge in [0.2, 0.25) is 0 Å². The molecule has 3 nitrogen and oxygen atoms in total. The van der Waals surface area contributed by atoms with Crippen molar-refractivity contribution in [1.82, 2.24) is 15.0 Å². The summed E-state index contributed by atoms with van der Waals surface area (Å²) >= 11 is 0. The molecule has 1 aromatic heterocycles. The number of aromatic nitrogens is 3. The van der Waals surface area contributed by atoms with E-state index in [4.69, 9.17) is 15.0 Å². The van der Waals surface area contributed by atoms with Gasteiger partial charge in [0, 0.05) is 22.1 Å². The van der Waals surface area contributed by atoms with Crippen LogP contribution in [0.5, 0.6) is 0 Å². The summed E-state index contributed by atoms with van der Waals surface area (Å²) in [5, 5.41) is 2.65. The normalized spacial score (nSPS) is 21.9. The lowest BCUT2D eigenvalue weighted by molar-refractivity contribution is -0.0399. The lowest BCUT2D eigenvalue weighted by Crippen LogP contribution is -2.55. The average molecular weight is 794 g/mol. The Bertz CT molecular complexity index is 3270. The summed E-state index contributed by atoms with van der Waals surface area (Å²) in [5.41, 5.74) is 19.2. The highest BCUT2D eigenvalue weighted by atomic mass is 15.0. The zero-order chi connectivity index (χ0) is 40.5. The van der Waals surface area contributed by atoms with Gasteiger partial charge in [-0.05, 0) is 152 Å². The molecular weight excluding hydrogens is 751 g/mol. The molecule has 6 aliphatic rings. The van der Waals surface area contributed by atoms with E-state index in [0.717, 1.165) is 45.9 Å². The van der Waals surface area contributed by atoms with Crippen molar-refractivity contribution in [3.8, 4) is 89.8 Å². The topological polar surface area (TPSA) is 38.7 Å². The first-order valence-corrected chi connectivity index (χ1v) is 22.6. The van der Waals surface area contributed by atoms with Crippen molar-refractivity contribution < 1.29 is 0 Å². The molecule has 4 fully saturated rings. The largest absolute Gasteiger partial charge is 0.208 e. The SMILES string of the molecule is c1ccc(-c2nc(-c3ccc(-c4ccc5c(c4)-c4cccc6cccc-5c46)cc3)nc(-c3cccc(-c4ccc5c(c4)C4(c6ccccc6-5)C5CC6CC(C5)CC4C6)c3)n2)cc1. The summed E-state index contributed by atoms with van der Waals surface area (Å²) in [5.74, 6) is 5.33. The molecule has 0 amide bonds. The molecule has 9 aromatic rings. The standard InChI is InChI=1S/C59H43N3/c1-2-9-39(10-3-1)56-60-57(40-21-19-37(20-22-40)42-23-25-47-50-16-7-11-38-12-8-17-51(55(38)50)52(47)33-42)62-58(61-56)44-14-6-13-41(32-44)43-24-26-49-48-15-4-5-18-53(48)59(54(49)34-43)45-28-35-27-36(30-45)31-46(59)29-35/h1-26,32-36,45-46H,27-31H2. The van der Waals surface area contributed by atoms with Crippen molar-refractivity contribution in [2.45, 2.75) is 37.5 Å². The zero-order valence-corrected chi connectivity index (χ0v) is 34.4. The molecule has 0 atom stereocenters. The van der Waals surface area contributed by atoms with Gasteiger partial charge in [-0.15, -0.1) is 0 Å². The fourth-order valence-corrected chi connectivity index (χ4v) is 13.3. The Labute approximate surface area is 362 Å². The van der Waals surface area contributed by atoms with E-state index >= 15 is 0 Å². The number of nitrogens with zero attached hydrogens (tertiary/aromatic N) is 3. The van der Waals surface area contributed by atoms with Gasteiger partial charge in [0.15, 0.2) is 17.5 Å². The zero-order valence-electron chi connectivity index (χ0n) is 34.4. The molecule has 15 rings (SSSR count). The minimum absolute atomic E-state index is 0.136. The number of benzene rings is 8. The van der Waals surface area contributed by atoms with Crippen molar-refractivity contribution in [3.05, 3.63) is 187 Å². The Morgan fingerprint density at radius 2 is 0.823 bits per heavy atom. The molecule has 0 aliphatic heterocycles. The van der Waals surface area contributed by atoms with Crippen LogP contribution >= 0.6 is 0 Å². The van der Waals surface area contributed by atoms with Crippen LogP contribution in [-0.2, 0) is 5.41 Å². The van der Waals surface area contributed by atoms with E-state index < -0.39 is 0 Å². The summed E-state index contributed by atoms with van der Waals surface area (Å²) in [4.78, 5) is 15.5. The van der Waals surface area contributed by atoms with Crippen LogP contribution in [0.25, 0.3) is 101 Å². The van der Waals surface area contributed by atoms with E-state index in [0.29, 0.717) is 17.5 Å². The van der Waals surface area contributed by atoms with Crippen LogP contribution in [0.3, 0.4) is 0 Å². The molecule has 1 spiro atoms. The molecular formula is C59H43N3. The summed E-state index contributed by atoms with van der Waals surface area (Å²) in [6, 6.07) is 64.8. The number of rotatable bonds is 5. The first-order chi connectivity index (χ1) is 30.7. The van der Waals surface area contributed by atoms with E-state index in [1.165, 1.54) is 92.9 Å². The fraction of sp³-hybridized carbons (Fsp3) is 0.169. The van der Waals surface area contributed by atoms with Crippen molar-refractivity contribution in [2.75, 3.05) is 0 Å². The van der Waals surface area contributed by atoms with Crippen molar-refractivity contribution in [2.24, 2.45) is 23.7 Å².